The summed E-state index contributed by atoms with van der Waals surface area (Å²) in [7, 11) is 0. The van der Waals surface area contributed by atoms with E-state index in [1.807, 2.05) is 0 Å². The molecule has 1 aromatic carbocycles. The molecule has 0 saturated heterocycles. The van der Waals surface area contributed by atoms with Crippen molar-refractivity contribution in [3.8, 4) is 0 Å². The van der Waals surface area contributed by atoms with Crippen LogP contribution in [0.15, 0.2) is 28.4 Å². The van der Waals surface area contributed by atoms with E-state index in [9.17, 15) is 8.78 Å². The molecular formula is C8H8F2N4. The molecule has 0 unspecified atom stereocenters. The fraction of sp³-hybridized carbons (Fsp3) is 0. The highest BCUT2D eigenvalue weighted by atomic mass is 19.2. The van der Waals surface area contributed by atoms with Crippen LogP contribution in [-0.4, -0.2) is 12.2 Å². The molecule has 0 radical (unpaired) electrons. The Kier molecular flexibility index (Phi) is 3.11. The summed E-state index contributed by atoms with van der Waals surface area (Å²) in [5.74, 6) is -2.06. The van der Waals surface area contributed by atoms with Gasteiger partial charge in [-0.1, -0.05) is 6.07 Å². The Balaban J connectivity index is 2.83. The monoisotopic (exact) mass is 198 g/mol. The van der Waals surface area contributed by atoms with E-state index in [4.69, 9.17) is 11.5 Å². The number of benzene rings is 1. The molecular weight excluding hydrogens is 190 g/mol. The highest BCUT2D eigenvalue weighted by Gasteiger charge is 1.99. The van der Waals surface area contributed by atoms with E-state index in [-0.39, 0.29) is 5.96 Å². The van der Waals surface area contributed by atoms with Gasteiger partial charge in [-0.05, 0) is 17.7 Å². The highest BCUT2D eigenvalue weighted by Crippen LogP contribution is 2.06. The molecule has 6 heteroatoms. The molecule has 1 aromatic rings. The standard InChI is InChI=1S/C8H8F2N4/c9-6-2-1-5(3-7(6)10)4-13-14-8(11)12/h1-4H,(H4,11,12,14). The predicted octanol–water partition coefficient (Wildman–Crippen LogP) is 0.572. The van der Waals surface area contributed by atoms with Gasteiger partial charge in [-0.3, -0.25) is 0 Å². The van der Waals surface area contributed by atoms with Gasteiger partial charge in [0.1, 0.15) is 0 Å². The van der Waals surface area contributed by atoms with E-state index in [0.29, 0.717) is 5.56 Å². The molecule has 4 N–H and O–H groups in total. The van der Waals surface area contributed by atoms with Gasteiger partial charge in [0.25, 0.3) is 0 Å². The zero-order chi connectivity index (χ0) is 10.6. The first-order valence-electron chi connectivity index (χ1n) is 3.66. The van der Waals surface area contributed by atoms with Gasteiger partial charge in [0.05, 0.1) is 6.21 Å². The Morgan fingerprint density at radius 2 is 1.93 bits per heavy atom. The summed E-state index contributed by atoms with van der Waals surface area (Å²) in [4.78, 5) is 0. The van der Waals surface area contributed by atoms with E-state index in [1.165, 1.54) is 12.3 Å². The van der Waals surface area contributed by atoms with Gasteiger partial charge in [0.2, 0.25) is 5.96 Å². The van der Waals surface area contributed by atoms with E-state index >= 15 is 0 Å². The number of nitrogens with zero attached hydrogens (tertiary/aromatic N) is 2. The topological polar surface area (TPSA) is 76.8 Å². The quantitative estimate of drug-likeness (QED) is 0.414. The lowest BCUT2D eigenvalue weighted by molar-refractivity contribution is 0.508. The normalized spacial score (nSPS) is 10.4. The average molecular weight is 198 g/mol. The minimum Gasteiger partial charge on any atom is -0.369 e. The smallest absolute Gasteiger partial charge is 0.211 e. The Bertz CT molecular complexity index is 383. The molecule has 0 aliphatic rings. The first-order chi connectivity index (χ1) is 6.59. The Labute approximate surface area is 78.9 Å². The van der Waals surface area contributed by atoms with Crippen LogP contribution in [0.3, 0.4) is 0 Å². The maximum absolute atomic E-state index is 12.6. The molecule has 0 atom stereocenters. The lowest BCUT2D eigenvalue weighted by Crippen LogP contribution is -2.21. The molecule has 0 fully saturated rings. The predicted molar refractivity (Wildman–Crippen MR) is 49.8 cm³/mol. The van der Waals surface area contributed by atoms with Crippen molar-refractivity contribution in [2.45, 2.75) is 0 Å². The summed E-state index contributed by atoms with van der Waals surface area (Å²) in [5.41, 5.74) is 10.4. The molecule has 1 rings (SSSR count). The van der Waals surface area contributed by atoms with Gasteiger partial charge in [-0.15, -0.1) is 5.10 Å². The molecule has 14 heavy (non-hydrogen) atoms. The summed E-state index contributed by atoms with van der Waals surface area (Å²) < 4.78 is 25.1. The van der Waals surface area contributed by atoms with Crippen LogP contribution in [0.2, 0.25) is 0 Å². The first kappa shape index (κ1) is 10.1. The van der Waals surface area contributed by atoms with Crippen LogP contribution in [0, 0.1) is 11.6 Å². The molecule has 4 nitrogen and oxygen atoms in total. The van der Waals surface area contributed by atoms with Gasteiger partial charge in [-0.25, -0.2) is 8.78 Å². The maximum Gasteiger partial charge on any atom is 0.211 e. The van der Waals surface area contributed by atoms with Gasteiger partial charge in [0, 0.05) is 0 Å². The van der Waals surface area contributed by atoms with Crippen molar-refractivity contribution in [3.05, 3.63) is 35.4 Å². The van der Waals surface area contributed by atoms with Crippen molar-refractivity contribution in [3.63, 3.8) is 0 Å². The number of halogens is 2. The zero-order valence-corrected chi connectivity index (χ0v) is 7.11. The van der Waals surface area contributed by atoms with E-state index < -0.39 is 11.6 Å². The third kappa shape index (κ3) is 2.81. The van der Waals surface area contributed by atoms with Crippen LogP contribution in [0.1, 0.15) is 5.56 Å². The van der Waals surface area contributed by atoms with E-state index in [2.05, 4.69) is 10.2 Å². The van der Waals surface area contributed by atoms with Crippen LogP contribution in [0.4, 0.5) is 8.78 Å². The number of nitrogens with two attached hydrogens (primary N) is 2. The fourth-order valence-electron chi connectivity index (χ4n) is 0.755. The molecule has 0 saturated carbocycles. The summed E-state index contributed by atoms with van der Waals surface area (Å²) in [6.07, 6.45) is 1.21. The molecule has 0 aromatic heterocycles. The third-order valence-electron chi connectivity index (χ3n) is 1.32. The largest absolute Gasteiger partial charge is 0.369 e. The molecule has 0 bridgehead atoms. The van der Waals surface area contributed by atoms with Gasteiger partial charge >= 0.3 is 0 Å². The Hall–Kier alpha value is -1.98. The van der Waals surface area contributed by atoms with Crippen molar-refractivity contribution in [1.82, 2.24) is 0 Å². The lowest BCUT2D eigenvalue weighted by atomic mass is 10.2. The Morgan fingerprint density at radius 3 is 2.50 bits per heavy atom. The van der Waals surface area contributed by atoms with Crippen LogP contribution in [0.25, 0.3) is 0 Å². The van der Waals surface area contributed by atoms with Gasteiger partial charge in [-0.2, -0.15) is 5.10 Å². The molecule has 0 amide bonds. The second-order valence-corrected chi connectivity index (χ2v) is 2.44. The van der Waals surface area contributed by atoms with Crippen LogP contribution >= 0.6 is 0 Å². The zero-order valence-electron chi connectivity index (χ0n) is 7.11. The second-order valence-electron chi connectivity index (χ2n) is 2.44. The number of hydrogen-bond donors (Lipinski definition) is 2. The van der Waals surface area contributed by atoms with Crippen LogP contribution < -0.4 is 11.5 Å². The molecule has 0 heterocycles. The maximum atomic E-state index is 12.6. The number of rotatable bonds is 2. The average Bonchev–Trinajstić information content (AvgIpc) is 2.10. The number of guanidine groups is 1. The minimum absolute atomic E-state index is 0.205. The van der Waals surface area contributed by atoms with Crippen molar-refractivity contribution in [2.24, 2.45) is 21.7 Å². The minimum atomic E-state index is -0.946. The van der Waals surface area contributed by atoms with Crippen LogP contribution in [-0.2, 0) is 0 Å². The summed E-state index contributed by atoms with van der Waals surface area (Å²) in [5, 5.41) is 6.73. The van der Waals surface area contributed by atoms with Crippen molar-refractivity contribution < 1.29 is 8.78 Å². The van der Waals surface area contributed by atoms with Gasteiger partial charge in [0.15, 0.2) is 11.6 Å². The summed E-state index contributed by atoms with van der Waals surface area (Å²) in [6.45, 7) is 0. The van der Waals surface area contributed by atoms with Crippen molar-refractivity contribution in [2.75, 3.05) is 0 Å². The molecule has 74 valence electrons. The molecule has 0 aliphatic carbocycles. The first-order valence-corrected chi connectivity index (χ1v) is 3.66. The van der Waals surface area contributed by atoms with Crippen molar-refractivity contribution in [1.29, 1.82) is 0 Å². The molecule has 0 spiro atoms. The second kappa shape index (κ2) is 4.31. The summed E-state index contributed by atoms with van der Waals surface area (Å²) in [6, 6.07) is 3.33. The lowest BCUT2D eigenvalue weighted by Gasteiger charge is -1.93. The Morgan fingerprint density at radius 1 is 1.21 bits per heavy atom. The van der Waals surface area contributed by atoms with Crippen LogP contribution in [0.5, 0.6) is 0 Å². The van der Waals surface area contributed by atoms with E-state index in [0.717, 1.165) is 12.1 Å². The summed E-state index contributed by atoms with van der Waals surface area (Å²) >= 11 is 0. The SMILES string of the molecule is NC(N)=NN=Cc1ccc(F)c(F)c1. The van der Waals surface area contributed by atoms with E-state index in [1.54, 1.807) is 0 Å². The number of hydrogen-bond acceptors (Lipinski definition) is 2. The van der Waals surface area contributed by atoms with Crippen molar-refractivity contribution >= 4 is 12.2 Å². The highest BCUT2D eigenvalue weighted by molar-refractivity contribution is 5.81. The van der Waals surface area contributed by atoms with Gasteiger partial charge < -0.3 is 11.5 Å². The molecule has 0 aliphatic heterocycles. The third-order valence-corrected chi connectivity index (χ3v) is 1.32. The fourth-order valence-corrected chi connectivity index (χ4v) is 0.755.